The molecule has 2 aromatic rings. The SMILES string of the molecule is CCc1ccc(C(NCC(=O)NC(=O)NC2CCCC2)c2cccs2)cc1. The zero-order chi connectivity index (χ0) is 19.1. The molecular weight excluding hydrogens is 358 g/mol. The number of nitrogens with one attached hydrogen (secondary N) is 3. The van der Waals surface area contributed by atoms with Crippen molar-refractivity contribution in [1.82, 2.24) is 16.0 Å². The van der Waals surface area contributed by atoms with Crippen LogP contribution in [0.5, 0.6) is 0 Å². The number of imide groups is 1. The van der Waals surface area contributed by atoms with Gasteiger partial charge in [0.15, 0.2) is 0 Å². The summed E-state index contributed by atoms with van der Waals surface area (Å²) in [6, 6.07) is 12.2. The van der Waals surface area contributed by atoms with E-state index in [1.54, 1.807) is 11.3 Å². The minimum absolute atomic E-state index is 0.0699. The average Bonchev–Trinajstić information content (AvgIpc) is 3.36. The molecule has 1 saturated carbocycles. The molecule has 1 fully saturated rings. The average molecular weight is 386 g/mol. The summed E-state index contributed by atoms with van der Waals surface area (Å²) < 4.78 is 0. The number of carbonyl (C=O) groups excluding carboxylic acids is 2. The molecule has 0 spiro atoms. The summed E-state index contributed by atoms with van der Waals surface area (Å²) in [6.07, 6.45) is 5.26. The predicted octanol–water partition coefficient (Wildman–Crippen LogP) is 3.76. The molecule has 6 heteroatoms. The van der Waals surface area contributed by atoms with Gasteiger partial charge in [0.1, 0.15) is 0 Å². The van der Waals surface area contributed by atoms with E-state index in [1.165, 1.54) is 5.56 Å². The minimum atomic E-state index is -0.395. The summed E-state index contributed by atoms with van der Waals surface area (Å²) in [4.78, 5) is 25.3. The van der Waals surface area contributed by atoms with Gasteiger partial charge in [-0.1, -0.05) is 50.1 Å². The van der Waals surface area contributed by atoms with Gasteiger partial charge in [-0.25, -0.2) is 4.79 Å². The van der Waals surface area contributed by atoms with Crippen LogP contribution in [-0.4, -0.2) is 24.5 Å². The summed E-state index contributed by atoms with van der Waals surface area (Å²) in [6.45, 7) is 2.21. The first-order valence-electron chi connectivity index (χ1n) is 9.61. The summed E-state index contributed by atoms with van der Waals surface area (Å²) in [5.74, 6) is -0.322. The highest BCUT2D eigenvalue weighted by atomic mass is 32.1. The molecule has 3 amide bonds. The zero-order valence-electron chi connectivity index (χ0n) is 15.7. The van der Waals surface area contributed by atoms with E-state index in [9.17, 15) is 9.59 Å². The minimum Gasteiger partial charge on any atom is -0.335 e. The van der Waals surface area contributed by atoms with Crippen molar-refractivity contribution in [3.05, 3.63) is 57.8 Å². The van der Waals surface area contributed by atoms with Crippen LogP contribution in [0.1, 0.15) is 54.7 Å². The van der Waals surface area contributed by atoms with Gasteiger partial charge in [-0.2, -0.15) is 0 Å². The number of thiophene rings is 1. The highest BCUT2D eigenvalue weighted by Gasteiger charge is 2.20. The predicted molar refractivity (Wildman–Crippen MR) is 109 cm³/mol. The Labute approximate surface area is 164 Å². The Morgan fingerprint density at radius 3 is 2.52 bits per heavy atom. The lowest BCUT2D eigenvalue weighted by atomic mass is 10.0. The molecule has 1 atom stereocenters. The molecule has 3 N–H and O–H groups in total. The molecule has 0 radical (unpaired) electrons. The monoisotopic (exact) mass is 385 g/mol. The van der Waals surface area contributed by atoms with Crippen LogP contribution < -0.4 is 16.0 Å². The number of carbonyl (C=O) groups is 2. The Kier molecular flexibility index (Phi) is 7.01. The van der Waals surface area contributed by atoms with E-state index >= 15 is 0 Å². The number of amides is 3. The quantitative estimate of drug-likeness (QED) is 0.680. The molecular formula is C21H27N3O2S. The van der Waals surface area contributed by atoms with E-state index in [2.05, 4.69) is 53.2 Å². The van der Waals surface area contributed by atoms with Gasteiger partial charge in [-0.3, -0.25) is 15.4 Å². The van der Waals surface area contributed by atoms with Crippen LogP contribution in [0, 0.1) is 0 Å². The Bertz CT molecular complexity index is 737. The third-order valence-corrected chi connectivity index (χ3v) is 5.90. The molecule has 3 rings (SSSR count). The van der Waals surface area contributed by atoms with Crippen molar-refractivity contribution in [2.75, 3.05) is 6.54 Å². The number of hydrogen-bond acceptors (Lipinski definition) is 4. The molecule has 5 nitrogen and oxygen atoms in total. The molecule has 144 valence electrons. The van der Waals surface area contributed by atoms with Gasteiger partial charge in [-0.05, 0) is 41.8 Å². The fourth-order valence-corrected chi connectivity index (χ4v) is 4.27. The second kappa shape index (κ2) is 9.67. The van der Waals surface area contributed by atoms with Crippen molar-refractivity contribution in [2.45, 2.75) is 51.1 Å². The fourth-order valence-electron chi connectivity index (χ4n) is 3.44. The van der Waals surface area contributed by atoms with Gasteiger partial charge in [0, 0.05) is 10.9 Å². The Hall–Kier alpha value is -2.18. The van der Waals surface area contributed by atoms with Crippen molar-refractivity contribution in [2.24, 2.45) is 0 Å². The number of urea groups is 1. The Morgan fingerprint density at radius 1 is 1.15 bits per heavy atom. The molecule has 1 aliphatic carbocycles. The van der Waals surface area contributed by atoms with Gasteiger partial charge in [0.2, 0.25) is 5.91 Å². The van der Waals surface area contributed by atoms with E-state index < -0.39 is 6.03 Å². The van der Waals surface area contributed by atoms with Crippen LogP contribution in [0.4, 0.5) is 4.79 Å². The third kappa shape index (κ3) is 5.65. The molecule has 27 heavy (non-hydrogen) atoms. The van der Waals surface area contributed by atoms with Crippen molar-refractivity contribution >= 4 is 23.3 Å². The van der Waals surface area contributed by atoms with Crippen LogP contribution in [0.3, 0.4) is 0 Å². The van der Waals surface area contributed by atoms with E-state index in [4.69, 9.17) is 0 Å². The highest BCUT2D eigenvalue weighted by Crippen LogP contribution is 2.26. The lowest BCUT2D eigenvalue weighted by Crippen LogP contribution is -2.46. The largest absolute Gasteiger partial charge is 0.335 e. The number of rotatable bonds is 7. The molecule has 0 saturated heterocycles. The van der Waals surface area contributed by atoms with Gasteiger partial charge < -0.3 is 5.32 Å². The van der Waals surface area contributed by atoms with E-state index in [0.717, 1.165) is 42.5 Å². The summed E-state index contributed by atoms with van der Waals surface area (Å²) in [7, 11) is 0. The number of aryl methyl sites for hydroxylation is 1. The van der Waals surface area contributed by atoms with Gasteiger partial charge >= 0.3 is 6.03 Å². The van der Waals surface area contributed by atoms with Gasteiger partial charge in [0.05, 0.1) is 12.6 Å². The number of hydrogen-bond donors (Lipinski definition) is 3. The fraction of sp³-hybridized carbons (Fsp3) is 0.429. The van der Waals surface area contributed by atoms with E-state index in [0.29, 0.717) is 0 Å². The first kappa shape index (κ1) is 19.6. The third-order valence-electron chi connectivity index (χ3n) is 4.96. The maximum Gasteiger partial charge on any atom is 0.321 e. The molecule has 0 aliphatic heterocycles. The molecule has 1 unspecified atom stereocenters. The van der Waals surface area contributed by atoms with Crippen LogP contribution in [0.15, 0.2) is 41.8 Å². The van der Waals surface area contributed by atoms with Crippen LogP contribution in [0.25, 0.3) is 0 Å². The molecule has 1 aromatic carbocycles. The first-order chi connectivity index (χ1) is 13.2. The zero-order valence-corrected chi connectivity index (χ0v) is 16.5. The Morgan fingerprint density at radius 2 is 1.89 bits per heavy atom. The van der Waals surface area contributed by atoms with Gasteiger partial charge in [0.25, 0.3) is 0 Å². The van der Waals surface area contributed by atoms with Crippen molar-refractivity contribution in [3.63, 3.8) is 0 Å². The van der Waals surface area contributed by atoms with Crippen molar-refractivity contribution in [1.29, 1.82) is 0 Å². The lowest BCUT2D eigenvalue weighted by molar-refractivity contribution is -0.119. The maximum absolute atomic E-state index is 12.2. The second-order valence-corrected chi connectivity index (χ2v) is 7.91. The first-order valence-corrected chi connectivity index (χ1v) is 10.5. The van der Waals surface area contributed by atoms with E-state index in [-0.39, 0.29) is 24.5 Å². The van der Waals surface area contributed by atoms with Gasteiger partial charge in [-0.15, -0.1) is 11.3 Å². The van der Waals surface area contributed by atoms with Crippen LogP contribution in [0.2, 0.25) is 0 Å². The molecule has 1 aromatic heterocycles. The number of benzene rings is 1. The van der Waals surface area contributed by atoms with Crippen LogP contribution >= 0.6 is 11.3 Å². The van der Waals surface area contributed by atoms with E-state index in [1.807, 2.05) is 11.4 Å². The topological polar surface area (TPSA) is 70.2 Å². The van der Waals surface area contributed by atoms with Crippen LogP contribution in [-0.2, 0) is 11.2 Å². The molecule has 0 bridgehead atoms. The molecule has 1 heterocycles. The van der Waals surface area contributed by atoms with Crippen molar-refractivity contribution < 1.29 is 9.59 Å². The maximum atomic E-state index is 12.2. The lowest BCUT2D eigenvalue weighted by Gasteiger charge is -2.18. The second-order valence-electron chi connectivity index (χ2n) is 6.93. The summed E-state index contributed by atoms with van der Waals surface area (Å²) in [5, 5.41) is 10.6. The Balaban J connectivity index is 1.57. The normalized spacial score (nSPS) is 15.4. The summed E-state index contributed by atoms with van der Waals surface area (Å²) in [5.41, 5.74) is 2.39. The smallest absolute Gasteiger partial charge is 0.321 e. The molecule has 1 aliphatic rings. The standard InChI is InChI=1S/C21H27N3O2S/c1-2-15-9-11-16(12-10-15)20(18-8-5-13-27-18)22-14-19(25)24-21(26)23-17-6-3-4-7-17/h5,8-13,17,20,22H,2-4,6-7,14H2,1H3,(H2,23,24,25,26). The highest BCUT2D eigenvalue weighted by molar-refractivity contribution is 7.10. The van der Waals surface area contributed by atoms with Crippen molar-refractivity contribution in [3.8, 4) is 0 Å². The summed E-state index contributed by atoms with van der Waals surface area (Å²) >= 11 is 1.65.